The molecule has 0 aliphatic carbocycles. The molecule has 1 N–H and O–H groups in total. The van der Waals surface area contributed by atoms with E-state index in [0.717, 1.165) is 50.4 Å². The number of unbranched alkanes of at least 4 members (excludes halogenated alkanes) is 16. The molecule has 0 aliphatic rings. The Morgan fingerprint density at radius 2 is 0.737 bits per heavy atom. The molecule has 0 saturated heterocycles. The molecule has 0 radical (unpaired) electrons. The average molecular weight is 541 g/mol. The van der Waals surface area contributed by atoms with Crippen LogP contribution in [0.1, 0.15) is 169 Å². The standard InChI is InChI=1S/C33H64O5/c1-29(2)23-19-15-11-7-5-6-8-13-17-21-25-32(35)37-27-31(34)28-38-33(36)26-22-18-14-10-9-12-16-20-24-30(3)4/h29-31,34H,5-28H2,1-4H3/t31-/m1/s1. The lowest BCUT2D eigenvalue weighted by Gasteiger charge is -2.12. The monoisotopic (exact) mass is 540 g/mol. The van der Waals surface area contributed by atoms with Crippen LogP contribution >= 0.6 is 0 Å². The summed E-state index contributed by atoms with van der Waals surface area (Å²) < 4.78 is 10.3. The van der Waals surface area contributed by atoms with E-state index in [9.17, 15) is 14.7 Å². The van der Waals surface area contributed by atoms with Crippen LogP contribution in [-0.2, 0) is 19.1 Å². The Kier molecular flexibility index (Phi) is 26.7. The van der Waals surface area contributed by atoms with Crippen molar-refractivity contribution in [3.8, 4) is 0 Å². The van der Waals surface area contributed by atoms with Crippen molar-refractivity contribution in [3.05, 3.63) is 0 Å². The third-order valence-corrected chi connectivity index (χ3v) is 7.20. The van der Waals surface area contributed by atoms with Crippen molar-refractivity contribution >= 4 is 11.9 Å². The van der Waals surface area contributed by atoms with Gasteiger partial charge in [-0.15, -0.1) is 0 Å². The Labute approximate surface area is 236 Å². The number of aliphatic hydroxyl groups is 1. The van der Waals surface area contributed by atoms with Crippen LogP contribution in [0.2, 0.25) is 0 Å². The van der Waals surface area contributed by atoms with Crippen LogP contribution in [0.15, 0.2) is 0 Å². The van der Waals surface area contributed by atoms with Crippen LogP contribution < -0.4 is 0 Å². The molecule has 0 aromatic heterocycles. The SMILES string of the molecule is CC(C)CCCCCCCCCCCCC(=O)OC[C@@H](O)COC(=O)CCCCCCCCCCC(C)C. The van der Waals surface area contributed by atoms with Crippen molar-refractivity contribution < 1.29 is 24.2 Å². The number of ether oxygens (including phenoxy) is 2. The molecule has 0 fully saturated rings. The molecule has 0 aromatic carbocycles. The number of carbonyl (C=O) groups is 2. The van der Waals surface area contributed by atoms with E-state index in [-0.39, 0.29) is 25.2 Å². The molecule has 38 heavy (non-hydrogen) atoms. The van der Waals surface area contributed by atoms with Gasteiger partial charge in [0, 0.05) is 12.8 Å². The number of rotatable bonds is 28. The van der Waals surface area contributed by atoms with Gasteiger partial charge in [-0.05, 0) is 24.7 Å². The second-order valence-electron chi connectivity index (χ2n) is 12.2. The molecule has 0 rings (SSSR count). The Hall–Kier alpha value is -1.10. The molecule has 0 spiro atoms. The summed E-state index contributed by atoms with van der Waals surface area (Å²) in [5, 5.41) is 9.94. The predicted octanol–water partition coefficient (Wildman–Crippen LogP) is 9.33. The third kappa shape index (κ3) is 29.5. The topological polar surface area (TPSA) is 72.8 Å². The first-order valence-corrected chi connectivity index (χ1v) is 16.3. The predicted molar refractivity (Wildman–Crippen MR) is 159 cm³/mol. The zero-order valence-corrected chi connectivity index (χ0v) is 25.8. The first kappa shape index (κ1) is 36.9. The summed E-state index contributed by atoms with van der Waals surface area (Å²) >= 11 is 0. The summed E-state index contributed by atoms with van der Waals surface area (Å²) in [6, 6.07) is 0. The summed E-state index contributed by atoms with van der Waals surface area (Å²) in [4.78, 5) is 23.7. The van der Waals surface area contributed by atoms with Crippen LogP contribution in [0, 0.1) is 11.8 Å². The summed E-state index contributed by atoms with van der Waals surface area (Å²) in [5.41, 5.74) is 0. The quantitative estimate of drug-likeness (QED) is 0.0790. The van der Waals surface area contributed by atoms with Gasteiger partial charge in [0.25, 0.3) is 0 Å². The molecule has 0 aromatic rings. The van der Waals surface area contributed by atoms with Crippen LogP contribution in [0.25, 0.3) is 0 Å². The highest BCUT2D eigenvalue weighted by atomic mass is 16.6. The first-order chi connectivity index (χ1) is 18.3. The Bertz CT molecular complexity index is 531. The van der Waals surface area contributed by atoms with Crippen molar-refractivity contribution in [1.82, 2.24) is 0 Å². The number of carbonyl (C=O) groups excluding carboxylic acids is 2. The minimum absolute atomic E-state index is 0.111. The van der Waals surface area contributed by atoms with Crippen molar-refractivity contribution in [1.29, 1.82) is 0 Å². The fourth-order valence-electron chi connectivity index (χ4n) is 4.69. The van der Waals surface area contributed by atoms with Crippen molar-refractivity contribution in [2.45, 2.75) is 175 Å². The summed E-state index contributed by atoms with van der Waals surface area (Å²) in [6.45, 7) is 8.93. The van der Waals surface area contributed by atoms with Gasteiger partial charge >= 0.3 is 11.9 Å². The number of esters is 2. The zero-order chi connectivity index (χ0) is 28.3. The van der Waals surface area contributed by atoms with E-state index < -0.39 is 6.10 Å². The molecule has 226 valence electrons. The van der Waals surface area contributed by atoms with Crippen LogP contribution in [-0.4, -0.2) is 36.4 Å². The molecule has 0 heterocycles. The normalized spacial score (nSPS) is 12.3. The lowest BCUT2D eigenvalue weighted by atomic mass is 10.0. The van der Waals surface area contributed by atoms with Gasteiger partial charge in [-0.1, -0.05) is 143 Å². The largest absolute Gasteiger partial charge is 0.463 e. The van der Waals surface area contributed by atoms with Gasteiger partial charge in [-0.3, -0.25) is 9.59 Å². The molecule has 5 heteroatoms. The van der Waals surface area contributed by atoms with Crippen LogP contribution in [0.4, 0.5) is 0 Å². The van der Waals surface area contributed by atoms with E-state index in [1.54, 1.807) is 0 Å². The van der Waals surface area contributed by atoms with Gasteiger partial charge in [-0.2, -0.15) is 0 Å². The smallest absolute Gasteiger partial charge is 0.305 e. The average Bonchev–Trinajstić information content (AvgIpc) is 2.87. The minimum atomic E-state index is -0.955. The number of hydrogen-bond donors (Lipinski definition) is 1. The molecule has 0 saturated carbocycles. The summed E-state index contributed by atoms with van der Waals surface area (Å²) in [5.74, 6) is 1.08. The minimum Gasteiger partial charge on any atom is -0.463 e. The Balaban J connectivity index is 3.43. The highest BCUT2D eigenvalue weighted by Crippen LogP contribution is 2.15. The lowest BCUT2D eigenvalue weighted by molar-refractivity contribution is -0.152. The molecular weight excluding hydrogens is 476 g/mol. The lowest BCUT2D eigenvalue weighted by Crippen LogP contribution is -2.25. The number of hydrogen-bond acceptors (Lipinski definition) is 5. The zero-order valence-electron chi connectivity index (χ0n) is 25.8. The van der Waals surface area contributed by atoms with Gasteiger partial charge < -0.3 is 14.6 Å². The van der Waals surface area contributed by atoms with Gasteiger partial charge in [0.05, 0.1) is 0 Å². The molecule has 0 aliphatic heterocycles. The fourth-order valence-corrected chi connectivity index (χ4v) is 4.69. The van der Waals surface area contributed by atoms with Crippen molar-refractivity contribution in [2.75, 3.05) is 13.2 Å². The second-order valence-corrected chi connectivity index (χ2v) is 12.2. The van der Waals surface area contributed by atoms with Crippen LogP contribution in [0.3, 0.4) is 0 Å². The van der Waals surface area contributed by atoms with Gasteiger partial charge in [0.15, 0.2) is 0 Å². The van der Waals surface area contributed by atoms with Crippen molar-refractivity contribution in [2.24, 2.45) is 11.8 Å². The van der Waals surface area contributed by atoms with Crippen molar-refractivity contribution in [3.63, 3.8) is 0 Å². The Morgan fingerprint density at radius 1 is 0.474 bits per heavy atom. The summed E-state index contributed by atoms with van der Waals surface area (Å²) in [7, 11) is 0. The maximum atomic E-state index is 11.9. The molecular formula is C33H64O5. The molecule has 0 unspecified atom stereocenters. The second kappa shape index (κ2) is 27.5. The molecule has 5 nitrogen and oxygen atoms in total. The maximum absolute atomic E-state index is 11.9. The first-order valence-electron chi connectivity index (χ1n) is 16.3. The van der Waals surface area contributed by atoms with E-state index >= 15 is 0 Å². The third-order valence-electron chi connectivity index (χ3n) is 7.20. The van der Waals surface area contributed by atoms with E-state index in [0.29, 0.717) is 12.8 Å². The van der Waals surface area contributed by atoms with E-state index in [1.807, 2.05) is 0 Å². The summed E-state index contributed by atoms with van der Waals surface area (Å²) in [6.07, 6.45) is 24.4. The highest BCUT2D eigenvalue weighted by molar-refractivity contribution is 5.69. The fraction of sp³-hybridized carbons (Fsp3) is 0.939. The Morgan fingerprint density at radius 3 is 1.03 bits per heavy atom. The van der Waals surface area contributed by atoms with E-state index in [1.165, 1.54) is 89.9 Å². The van der Waals surface area contributed by atoms with Crippen LogP contribution in [0.5, 0.6) is 0 Å². The van der Waals surface area contributed by atoms with E-state index in [4.69, 9.17) is 9.47 Å². The highest BCUT2D eigenvalue weighted by Gasteiger charge is 2.12. The maximum Gasteiger partial charge on any atom is 0.305 e. The van der Waals surface area contributed by atoms with E-state index in [2.05, 4.69) is 27.7 Å². The van der Waals surface area contributed by atoms with Gasteiger partial charge in [0.2, 0.25) is 0 Å². The molecule has 1 atom stereocenters. The molecule has 0 bridgehead atoms. The van der Waals surface area contributed by atoms with Gasteiger partial charge in [-0.25, -0.2) is 0 Å². The number of aliphatic hydroxyl groups excluding tert-OH is 1. The molecule has 0 amide bonds. The van der Waals surface area contributed by atoms with Gasteiger partial charge in [0.1, 0.15) is 19.3 Å².